The first-order chi connectivity index (χ1) is 9.69. The Bertz CT molecular complexity index is 484. The molecule has 3 nitrogen and oxygen atoms in total. The van der Waals surface area contributed by atoms with Gasteiger partial charge in [0.25, 0.3) is 0 Å². The van der Waals surface area contributed by atoms with Crippen molar-refractivity contribution < 1.29 is 4.74 Å². The molecule has 2 radical (unpaired) electrons. The van der Waals surface area contributed by atoms with Gasteiger partial charge in [0.2, 0.25) is 0 Å². The van der Waals surface area contributed by atoms with Gasteiger partial charge in [-0.2, -0.15) is 0 Å². The molecule has 1 aliphatic heterocycles. The maximum absolute atomic E-state index is 5.58. The number of likely N-dealkylation sites (N-methyl/N-ethyl adjacent to an activating group) is 1. The summed E-state index contributed by atoms with van der Waals surface area (Å²) in [7, 11) is 4.00. The van der Waals surface area contributed by atoms with Crippen molar-refractivity contribution in [2.75, 3.05) is 45.2 Å². The van der Waals surface area contributed by atoms with Crippen LogP contribution in [-0.4, -0.2) is 62.1 Å². The van der Waals surface area contributed by atoms with E-state index in [1.807, 2.05) is 0 Å². The average Bonchev–Trinajstić information content (AvgIpc) is 2.47. The number of rotatable bonds is 2. The minimum atomic E-state index is 0.730. The number of anilines is 1. The van der Waals surface area contributed by atoms with Crippen LogP contribution in [0.4, 0.5) is 5.69 Å². The molecule has 1 aromatic rings. The van der Waals surface area contributed by atoms with Crippen LogP contribution in [0.5, 0.6) is 5.75 Å². The van der Waals surface area contributed by atoms with Crippen LogP contribution >= 0.6 is 0 Å². The van der Waals surface area contributed by atoms with Gasteiger partial charge >= 0.3 is 130 Å². The van der Waals surface area contributed by atoms with E-state index >= 15 is 0 Å². The van der Waals surface area contributed by atoms with Crippen molar-refractivity contribution >= 4 is 22.5 Å². The molecule has 20 heavy (non-hydrogen) atoms. The Hall–Kier alpha value is -0.662. The van der Waals surface area contributed by atoms with Crippen LogP contribution < -0.4 is 9.64 Å². The Morgan fingerprint density at radius 1 is 1.15 bits per heavy atom. The molecule has 108 valence electrons. The van der Waals surface area contributed by atoms with Crippen LogP contribution in [-0.2, 0) is 12.8 Å². The van der Waals surface area contributed by atoms with Gasteiger partial charge < -0.3 is 0 Å². The molecule has 1 atom stereocenters. The molecule has 1 unspecified atom stereocenters. The van der Waals surface area contributed by atoms with Gasteiger partial charge in [0, 0.05) is 0 Å². The van der Waals surface area contributed by atoms with E-state index in [-0.39, 0.29) is 0 Å². The van der Waals surface area contributed by atoms with Crippen LogP contribution in [0.1, 0.15) is 17.5 Å². The molecule has 1 saturated heterocycles. The maximum atomic E-state index is 5.58. The molecule has 0 bridgehead atoms. The van der Waals surface area contributed by atoms with Crippen molar-refractivity contribution in [3.8, 4) is 5.75 Å². The van der Waals surface area contributed by atoms with Crippen LogP contribution in [0.3, 0.4) is 0 Å². The summed E-state index contributed by atoms with van der Waals surface area (Å²) in [6.07, 6.45) is 3.59. The van der Waals surface area contributed by atoms with Gasteiger partial charge in [-0.15, -0.1) is 0 Å². The summed E-state index contributed by atoms with van der Waals surface area (Å²) in [5.41, 5.74) is 4.43. The summed E-state index contributed by atoms with van der Waals surface area (Å²) in [4.78, 5) is 4.97. The molecular weight excluding hydrogens is 311 g/mol. The van der Waals surface area contributed by atoms with Gasteiger partial charge in [-0.25, -0.2) is 0 Å². The van der Waals surface area contributed by atoms with Gasteiger partial charge in [0.15, 0.2) is 0 Å². The summed E-state index contributed by atoms with van der Waals surface area (Å²) in [6.45, 7) is 4.59. The van der Waals surface area contributed by atoms with Crippen LogP contribution in [0, 0.1) is 0 Å². The third kappa shape index (κ3) is 2.71. The first-order valence-electron chi connectivity index (χ1n) is 7.49. The van der Waals surface area contributed by atoms with E-state index in [1.165, 1.54) is 29.7 Å². The van der Waals surface area contributed by atoms with E-state index in [1.54, 1.807) is 7.11 Å². The van der Waals surface area contributed by atoms with Crippen molar-refractivity contribution in [1.82, 2.24) is 4.90 Å². The fourth-order valence-corrected chi connectivity index (χ4v) is 4.00. The Balaban J connectivity index is 1.95. The number of methoxy groups -OCH3 is 1. The van der Waals surface area contributed by atoms with Crippen molar-refractivity contribution in [3.63, 3.8) is 0 Å². The molecule has 1 aromatic carbocycles. The number of hydrogen-bond donors (Lipinski definition) is 0. The van der Waals surface area contributed by atoms with E-state index in [4.69, 9.17) is 4.74 Å². The zero-order valence-electron chi connectivity index (χ0n) is 12.4. The first kappa shape index (κ1) is 14.3. The molecule has 1 fully saturated rings. The molecule has 0 N–H and O–H groups in total. The number of hydrogen-bond acceptors (Lipinski definition) is 3. The Kier molecular flexibility index (Phi) is 4.28. The topological polar surface area (TPSA) is 15.7 Å². The summed E-state index contributed by atoms with van der Waals surface area (Å²) >= 11 is 2.85. The van der Waals surface area contributed by atoms with Gasteiger partial charge in [0.1, 0.15) is 0 Å². The summed E-state index contributed by atoms with van der Waals surface area (Å²) in [6, 6.07) is 4.44. The molecule has 0 aromatic heterocycles. The van der Waals surface area contributed by atoms with E-state index < -0.39 is 0 Å². The zero-order valence-corrected chi connectivity index (χ0v) is 14.3. The monoisotopic (exact) mass is 334 g/mol. The van der Waals surface area contributed by atoms with Crippen molar-refractivity contribution in [3.05, 3.63) is 23.3 Å². The SMILES string of the molecule is COc1ccc(N2CCN(C)CC2)c2c1CCC([As])C2. The number of piperazine rings is 1. The third-order valence-corrected chi connectivity index (χ3v) is 5.52. The predicted molar refractivity (Wildman–Crippen MR) is 84.2 cm³/mol. The average molecular weight is 334 g/mol. The molecule has 1 aliphatic carbocycles. The summed E-state index contributed by atoms with van der Waals surface area (Å²) in [5, 5.41) is 0. The Labute approximate surface area is 130 Å². The molecule has 3 rings (SSSR count). The molecule has 4 heteroatoms. The molecule has 2 aliphatic rings. The number of benzene rings is 1. The number of fused-ring (bicyclic) bond motifs is 1. The normalized spacial score (nSPS) is 23.6. The molecular formula is C16H23AsN2O. The Morgan fingerprint density at radius 2 is 1.90 bits per heavy atom. The fourth-order valence-electron chi connectivity index (χ4n) is 3.34. The molecule has 1 heterocycles. The summed E-state index contributed by atoms with van der Waals surface area (Å²) < 4.78 is 6.31. The van der Waals surface area contributed by atoms with Crippen molar-refractivity contribution in [2.45, 2.75) is 24.0 Å². The second kappa shape index (κ2) is 5.99. The fraction of sp³-hybridized carbons (Fsp3) is 0.625. The minimum absolute atomic E-state index is 0.730. The Morgan fingerprint density at radius 3 is 2.60 bits per heavy atom. The zero-order chi connectivity index (χ0) is 14.1. The van der Waals surface area contributed by atoms with Crippen LogP contribution in [0.25, 0.3) is 0 Å². The quantitative estimate of drug-likeness (QED) is 0.769. The molecule has 0 amide bonds. The second-order valence-electron chi connectivity index (χ2n) is 5.93. The van der Waals surface area contributed by atoms with E-state index in [9.17, 15) is 0 Å². The van der Waals surface area contributed by atoms with Gasteiger partial charge in [-0.1, -0.05) is 0 Å². The van der Waals surface area contributed by atoms with Gasteiger partial charge in [0.05, 0.1) is 0 Å². The molecule has 0 spiro atoms. The van der Waals surface area contributed by atoms with Crippen LogP contribution in [0.2, 0.25) is 4.71 Å². The van der Waals surface area contributed by atoms with Crippen molar-refractivity contribution in [2.24, 2.45) is 0 Å². The second-order valence-corrected chi connectivity index (χ2v) is 7.46. The predicted octanol–water partition coefficient (Wildman–Crippen LogP) is 1.89. The number of nitrogens with zero attached hydrogens (tertiary/aromatic N) is 2. The van der Waals surface area contributed by atoms with Crippen molar-refractivity contribution in [1.29, 1.82) is 0 Å². The van der Waals surface area contributed by atoms with E-state index in [2.05, 4.69) is 45.8 Å². The molecule has 0 saturated carbocycles. The summed E-state index contributed by atoms with van der Waals surface area (Å²) in [5.74, 6) is 1.08. The van der Waals surface area contributed by atoms with Crippen LogP contribution in [0.15, 0.2) is 12.1 Å². The third-order valence-electron chi connectivity index (χ3n) is 4.59. The van der Waals surface area contributed by atoms with E-state index in [0.29, 0.717) is 0 Å². The van der Waals surface area contributed by atoms with E-state index in [0.717, 1.165) is 43.1 Å². The standard InChI is InChI=1S/C16H23AsN2O/c1-18-7-9-19(10-8-18)15-5-6-16(20-2)13-4-3-12(17)11-14(13)15/h5-6,12H,3-4,7-11H2,1-2H3. The van der Waals surface area contributed by atoms with Gasteiger partial charge in [-0.3, -0.25) is 0 Å². The first-order valence-corrected chi connectivity index (χ1v) is 8.57. The van der Waals surface area contributed by atoms with Gasteiger partial charge in [-0.05, 0) is 0 Å². The number of ether oxygens (including phenoxy) is 1.